The molecule has 0 aliphatic heterocycles. The normalized spacial score (nSPS) is 50.5. The van der Waals surface area contributed by atoms with Gasteiger partial charge in [-0.2, -0.15) is 0 Å². The highest BCUT2D eigenvalue weighted by molar-refractivity contribution is 5.34. The molecular weight excluding hydrogens is 272 g/mol. The van der Waals surface area contributed by atoms with Gasteiger partial charge in [-0.25, -0.2) is 0 Å². The number of fused-ring (bicyclic) bond motifs is 3. The Balaban J connectivity index is 2.06. The van der Waals surface area contributed by atoms with Gasteiger partial charge < -0.3 is 10.2 Å². The van der Waals surface area contributed by atoms with Gasteiger partial charge in [0, 0.05) is 10.8 Å². The molecule has 0 saturated heterocycles. The lowest BCUT2D eigenvalue weighted by atomic mass is 9.43. The van der Waals surface area contributed by atoms with Crippen molar-refractivity contribution >= 4 is 0 Å². The van der Waals surface area contributed by atoms with E-state index < -0.39 is 5.60 Å². The minimum Gasteiger partial charge on any atom is -0.393 e. The maximum atomic E-state index is 11.7. The Bertz CT molecular complexity index is 520. The van der Waals surface area contributed by atoms with Crippen molar-refractivity contribution in [2.75, 3.05) is 0 Å². The Labute approximate surface area is 135 Å². The fourth-order valence-corrected chi connectivity index (χ4v) is 5.81. The van der Waals surface area contributed by atoms with Gasteiger partial charge in [0.15, 0.2) is 0 Å². The van der Waals surface area contributed by atoms with Crippen LogP contribution in [0.4, 0.5) is 0 Å². The highest BCUT2D eigenvalue weighted by atomic mass is 16.3. The van der Waals surface area contributed by atoms with Crippen LogP contribution in [0.25, 0.3) is 0 Å². The lowest BCUT2D eigenvalue weighted by Crippen LogP contribution is -2.63. The Hall–Kier alpha value is -0.600. The van der Waals surface area contributed by atoms with E-state index in [9.17, 15) is 10.2 Å². The fraction of sp³-hybridized carbons (Fsp3) is 0.800. The smallest absolute Gasteiger partial charge is 0.0913 e. The predicted octanol–water partition coefficient (Wildman–Crippen LogP) is 4.23. The van der Waals surface area contributed by atoms with E-state index in [0.717, 1.165) is 38.5 Å². The molecule has 0 aromatic heterocycles. The maximum absolute atomic E-state index is 11.7. The third-order valence-electron chi connectivity index (χ3n) is 7.64. The predicted molar refractivity (Wildman–Crippen MR) is 90.4 cm³/mol. The maximum Gasteiger partial charge on any atom is 0.0913 e. The van der Waals surface area contributed by atoms with Gasteiger partial charge >= 0.3 is 0 Å². The summed E-state index contributed by atoms with van der Waals surface area (Å²) in [6.45, 7) is 12.9. The zero-order valence-electron chi connectivity index (χ0n) is 14.7. The van der Waals surface area contributed by atoms with Crippen LogP contribution in [0.15, 0.2) is 24.3 Å². The first-order valence-corrected chi connectivity index (χ1v) is 8.85. The van der Waals surface area contributed by atoms with Crippen LogP contribution in [0.1, 0.15) is 66.2 Å². The molecule has 0 amide bonds. The molecule has 0 unspecified atom stereocenters. The Kier molecular flexibility index (Phi) is 3.48. The molecule has 2 N–H and O–H groups in total. The van der Waals surface area contributed by atoms with Gasteiger partial charge in [0.25, 0.3) is 0 Å². The van der Waals surface area contributed by atoms with Crippen molar-refractivity contribution in [2.24, 2.45) is 22.2 Å². The summed E-state index contributed by atoms with van der Waals surface area (Å²) in [5, 5.41) is 22.2. The van der Waals surface area contributed by atoms with E-state index in [4.69, 9.17) is 0 Å². The van der Waals surface area contributed by atoms with E-state index in [2.05, 4.69) is 40.3 Å². The highest BCUT2D eigenvalue weighted by Crippen LogP contribution is 2.65. The van der Waals surface area contributed by atoms with E-state index in [0.29, 0.717) is 5.92 Å². The molecular formula is C20H32O2. The quantitative estimate of drug-likeness (QED) is 0.712. The van der Waals surface area contributed by atoms with Crippen LogP contribution in [0.2, 0.25) is 0 Å². The fourth-order valence-electron chi connectivity index (χ4n) is 5.81. The van der Waals surface area contributed by atoms with E-state index in [1.54, 1.807) is 0 Å². The molecule has 22 heavy (non-hydrogen) atoms. The first-order valence-electron chi connectivity index (χ1n) is 8.85. The van der Waals surface area contributed by atoms with Gasteiger partial charge in [-0.1, -0.05) is 39.8 Å². The second-order valence-electron chi connectivity index (χ2n) is 9.12. The summed E-state index contributed by atoms with van der Waals surface area (Å²) in [4.78, 5) is 0. The summed E-state index contributed by atoms with van der Waals surface area (Å²) >= 11 is 0. The van der Waals surface area contributed by atoms with Crippen molar-refractivity contribution in [3.05, 3.63) is 24.3 Å². The molecule has 0 heterocycles. The lowest BCUT2D eigenvalue weighted by Gasteiger charge is -2.64. The van der Waals surface area contributed by atoms with Gasteiger partial charge in [-0.05, 0) is 55.4 Å². The molecule has 3 rings (SSSR count). The van der Waals surface area contributed by atoms with Crippen LogP contribution in [-0.4, -0.2) is 21.9 Å². The van der Waals surface area contributed by atoms with Crippen molar-refractivity contribution < 1.29 is 10.2 Å². The second-order valence-corrected chi connectivity index (χ2v) is 9.12. The van der Waals surface area contributed by atoms with Gasteiger partial charge in [0.05, 0.1) is 11.7 Å². The Morgan fingerprint density at radius 1 is 1.14 bits per heavy atom. The zero-order chi connectivity index (χ0) is 16.4. The largest absolute Gasteiger partial charge is 0.393 e. The summed E-state index contributed by atoms with van der Waals surface area (Å²) < 4.78 is 0. The van der Waals surface area contributed by atoms with Crippen LogP contribution in [-0.2, 0) is 0 Å². The van der Waals surface area contributed by atoms with E-state index in [-0.39, 0.29) is 22.3 Å². The molecule has 2 saturated carbocycles. The number of aliphatic hydroxyl groups excluding tert-OH is 1. The van der Waals surface area contributed by atoms with Crippen molar-refractivity contribution in [3.63, 3.8) is 0 Å². The zero-order valence-corrected chi connectivity index (χ0v) is 14.7. The first-order chi connectivity index (χ1) is 10.1. The topological polar surface area (TPSA) is 40.5 Å². The van der Waals surface area contributed by atoms with Crippen molar-refractivity contribution in [1.82, 2.24) is 0 Å². The molecule has 5 atom stereocenters. The van der Waals surface area contributed by atoms with Crippen molar-refractivity contribution in [3.8, 4) is 0 Å². The van der Waals surface area contributed by atoms with Crippen molar-refractivity contribution in [1.29, 1.82) is 0 Å². The average molecular weight is 304 g/mol. The minimum absolute atomic E-state index is 0.0223. The first kappa shape index (κ1) is 16.3. The molecule has 0 spiro atoms. The standard InChI is InChI=1S/C20H32O2/c1-6-18(4)11-12-20(22)14(13-18)7-8-15-17(2,3)16(21)9-10-19(15,20)5/h6,13,15-16,21-22H,1,7-12H2,2-5H3/t15-,16-,18-,19-,20+/m0/s1. The molecule has 3 aliphatic carbocycles. The summed E-state index contributed by atoms with van der Waals surface area (Å²) in [6.07, 6.45) is 9.60. The molecule has 0 aromatic rings. The second kappa shape index (κ2) is 4.70. The SMILES string of the molecule is C=C[C@]1(C)C=C2CC[C@H]3C(C)(C)[C@@H](O)CC[C@]3(C)[C@@]2(O)CC1. The third-order valence-corrected chi connectivity index (χ3v) is 7.64. The monoisotopic (exact) mass is 304 g/mol. The number of aliphatic hydroxyl groups is 2. The number of rotatable bonds is 1. The molecule has 2 heteroatoms. The number of hydrogen-bond donors (Lipinski definition) is 2. The summed E-state index contributed by atoms with van der Waals surface area (Å²) in [6, 6.07) is 0. The van der Waals surface area contributed by atoms with Gasteiger partial charge in [-0.15, -0.1) is 6.58 Å². The molecule has 2 fully saturated rings. The molecule has 124 valence electrons. The third kappa shape index (κ3) is 1.93. The van der Waals surface area contributed by atoms with Crippen LogP contribution >= 0.6 is 0 Å². The number of hydrogen-bond acceptors (Lipinski definition) is 2. The molecule has 2 nitrogen and oxygen atoms in total. The van der Waals surface area contributed by atoms with Crippen LogP contribution in [0.3, 0.4) is 0 Å². The van der Waals surface area contributed by atoms with Crippen LogP contribution < -0.4 is 0 Å². The van der Waals surface area contributed by atoms with Crippen LogP contribution in [0, 0.1) is 22.2 Å². The van der Waals surface area contributed by atoms with Gasteiger partial charge in [-0.3, -0.25) is 0 Å². The van der Waals surface area contributed by atoms with E-state index in [1.165, 1.54) is 5.57 Å². The molecule has 3 aliphatic rings. The molecule has 0 radical (unpaired) electrons. The minimum atomic E-state index is -0.699. The van der Waals surface area contributed by atoms with E-state index in [1.807, 2.05) is 6.08 Å². The Morgan fingerprint density at radius 2 is 1.82 bits per heavy atom. The summed E-state index contributed by atoms with van der Waals surface area (Å²) in [7, 11) is 0. The average Bonchev–Trinajstić information content (AvgIpc) is 2.46. The molecule has 0 bridgehead atoms. The van der Waals surface area contributed by atoms with E-state index >= 15 is 0 Å². The highest BCUT2D eigenvalue weighted by Gasteiger charge is 2.63. The number of allylic oxidation sites excluding steroid dienone is 2. The van der Waals surface area contributed by atoms with Gasteiger partial charge in [0.1, 0.15) is 0 Å². The summed E-state index contributed by atoms with van der Waals surface area (Å²) in [5.41, 5.74) is 0.312. The summed E-state index contributed by atoms with van der Waals surface area (Å²) in [5.74, 6) is 0.374. The Morgan fingerprint density at radius 3 is 2.45 bits per heavy atom. The lowest BCUT2D eigenvalue weighted by molar-refractivity contribution is -0.192. The van der Waals surface area contributed by atoms with Gasteiger partial charge in [0.2, 0.25) is 0 Å². The molecule has 0 aromatic carbocycles. The van der Waals surface area contributed by atoms with Crippen molar-refractivity contribution in [2.45, 2.75) is 77.9 Å². The van der Waals surface area contributed by atoms with Crippen LogP contribution in [0.5, 0.6) is 0 Å².